The number of hydrogen-bond acceptors (Lipinski definition) is 3. The molecule has 1 amide bonds. The van der Waals surface area contributed by atoms with Crippen molar-refractivity contribution < 1.29 is 14.3 Å². The molecule has 1 fully saturated rings. The maximum absolute atomic E-state index is 12.6. The van der Waals surface area contributed by atoms with Crippen LogP contribution in [0.1, 0.15) is 45.6 Å². The highest BCUT2D eigenvalue weighted by Crippen LogP contribution is 2.29. The first kappa shape index (κ1) is 18.5. The summed E-state index contributed by atoms with van der Waals surface area (Å²) in [5, 5.41) is 0. The van der Waals surface area contributed by atoms with Gasteiger partial charge in [0.05, 0.1) is 19.3 Å². The first-order valence-corrected chi connectivity index (χ1v) is 8.64. The fourth-order valence-corrected chi connectivity index (χ4v) is 3.05. The molecule has 1 aromatic carbocycles. The van der Waals surface area contributed by atoms with Crippen LogP contribution in [-0.2, 0) is 16.1 Å². The van der Waals surface area contributed by atoms with E-state index in [9.17, 15) is 4.79 Å². The van der Waals surface area contributed by atoms with Gasteiger partial charge in [-0.05, 0) is 45.6 Å². The normalized spacial score (nSPS) is 20.9. The van der Waals surface area contributed by atoms with E-state index in [-0.39, 0.29) is 18.2 Å². The van der Waals surface area contributed by atoms with E-state index >= 15 is 0 Å². The summed E-state index contributed by atoms with van der Waals surface area (Å²) >= 11 is 0. The van der Waals surface area contributed by atoms with E-state index in [1.54, 1.807) is 0 Å². The number of nitrogens with zero attached hydrogens (tertiary/aromatic N) is 1. The molecule has 4 heteroatoms. The Hall–Kier alpha value is -1.81. The Morgan fingerprint density at radius 3 is 2.54 bits per heavy atom. The second-order valence-corrected chi connectivity index (χ2v) is 7.30. The van der Waals surface area contributed by atoms with Crippen molar-refractivity contribution in [3.8, 4) is 0 Å². The first-order chi connectivity index (χ1) is 11.4. The molecule has 0 N–H and O–H groups in total. The van der Waals surface area contributed by atoms with Crippen molar-refractivity contribution in [1.82, 2.24) is 4.90 Å². The minimum absolute atomic E-state index is 0.0634. The van der Waals surface area contributed by atoms with Crippen molar-refractivity contribution in [2.75, 3.05) is 6.61 Å². The third-order valence-electron chi connectivity index (χ3n) is 4.08. The third kappa shape index (κ3) is 5.38. The molecule has 0 radical (unpaired) electrons. The van der Waals surface area contributed by atoms with Gasteiger partial charge >= 0.3 is 6.09 Å². The van der Waals surface area contributed by atoms with Crippen LogP contribution in [0.3, 0.4) is 0 Å². The van der Waals surface area contributed by atoms with Crippen molar-refractivity contribution in [3.63, 3.8) is 0 Å². The number of carbonyl (C=O) groups excluding carboxylic acids is 1. The van der Waals surface area contributed by atoms with Crippen molar-refractivity contribution in [3.05, 3.63) is 48.6 Å². The Balaban J connectivity index is 1.95. The van der Waals surface area contributed by atoms with Gasteiger partial charge in [-0.2, -0.15) is 0 Å². The van der Waals surface area contributed by atoms with Crippen molar-refractivity contribution >= 4 is 6.09 Å². The van der Waals surface area contributed by atoms with Gasteiger partial charge in [-0.25, -0.2) is 4.79 Å². The van der Waals surface area contributed by atoms with Crippen LogP contribution in [0.4, 0.5) is 4.79 Å². The predicted molar refractivity (Wildman–Crippen MR) is 95.8 cm³/mol. The highest BCUT2D eigenvalue weighted by atomic mass is 16.6. The van der Waals surface area contributed by atoms with Gasteiger partial charge in [0.15, 0.2) is 0 Å². The Morgan fingerprint density at radius 1 is 1.25 bits per heavy atom. The molecular weight excluding hydrogens is 302 g/mol. The van der Waals surface area contributed by atoms with Crippen molar-refractivity contribution in [2.45, 2.75) is 64.3 Å². The molecule has 0 saturated carbocycles. The number of ether oxygens (including phenoxy) is 2. The Morgan fingerprint density at radius 2 is 1.92 bits per heavy atom. The number of amides is 1. The topological polar surface area (TPSA) is 38.8 Å². The highest BCUT2D eigenvalue weighted by molar-refractivity contribution is 5.69. The van der Waals surface area contributed by atoms with Crippen LogP contribution in [0.2, 0.25) is 0 Å². The molecule has 2 rings (SSSR count). The van der Waals surface area contributed by atoms with Crippen molar-refractivity contribution in [1.29, 1.82) is 0 Å². The van der Waals surface area contributed by atoms with Gasteiger partial charge < -0.3 is 9.47 Å². The standard InChI is InChI=1S/C20H29NO3/c1-5-9-17-12-13-18(21(17)19(22)24-20(2,3)4)15-23-14-16-10-7-6-8-11-16/h5-8,10-11,17-18H,1,9,12-15H2,2-4H3. The van der Waals surface area contributed by atoms with E-state index in [2.05, 4.69) is 6.58 Å². The van der Waals surface area contributed by atoms with Gasteiger partial charge in [0, 0.05) is 6.04 Å². The van der Waals surface area contributed by atoms with Crippen LogP contribution < -0.4 is 0 Å². The molecule has 2 unspecified atom stereocenters. The number of benzene rings is 1. The Bertz CT molecular complexity index is 536. The fraction of sp³-hybridized carbons (Fsp3) is 0.550. The summed E-state index contributed by atoms with van der Waals surface area (Å²) < 4.78 is 11.5. The molecule has 1 aromatic rings. The van der Waals surface area contributed by atoms with E-state index in [1.165, 1.54) is 0 Å². The average molecular weight is 331 g/mol. The summed E-state index contributed by atoms with van der Waals surface area (Å²) in [4.78, 5) is 14.5. The molecule has 1 aliphatic rings. The summed E-state index contributed by atoms with van der Waals surface area (Å²) in [7, 11) is 0. The largest absolute Gasteiger partial charge is 0.444 e. The van der Waals surface area contributed by atoms with E-state index < -0.39 is 5.60 Å². The van der Waals surface area contributed by atoms with E-state index in [0.29, 0.717) is 13.2 Å². The van der Waals surface area contributed by atoms with Gasteiger partial charge in [0.2, 0.25) is 0 Å². The molecule has 4 nitrogen and oxygen atoms in total. The maximum atomic E-state index is 12.6. The second kappa shape index (κ2) is 8.34. The number of hydrogen-bond donors (Lipinski definition) is 0. The molecule has 0 aliphatic carbocycles. The number of carbonyl (C=O) groups is 1. The Kier molecular flexibility index (Phi) is 6.44. The fourth-order valence-electron chi connectivity index (χ4n) is 3.05. The van der Waals surface area contributed by atoms with Crippen LogP contribution in [0.25, 0.3) is 0 Å². The lowest BCUT2D eigenvalue weighted by Crippen LogP contribution is -2.45. The van der Waals surface area contributed by atoms with E-state index in [1.807, 2.05) is 62.1 Å². The first-order valence-electron chi connectivity index (χ1n) is 8.64. The zero-order chi connectivity index (χ0) is 17.6. The average Bonchev–Trinajstić information content (AvgIpc) is 2.90. The molecular formula is C20H29NO3. The molecule has 2 atom stereocenters. The number of rotatable bonds is 6. The summed E-state index contributed by atoms with van der Waals surface area (Å²) in [5.74, 6) is 0. The zero-order valence-electron chi connectivity index (χ0n) is 15.0. The smallest absolute Gasteiger partial charge is 0.410 e. The molecule has 1 heterocycles. The molecule has 0 aromatic heterocycles. The van der Waals surface area contributed by atoms with Gasteiger partial charge in [0.25, 0.3) is 0 Å². The lowest BCUT2D eigenvalue weighted by molar-refractivity contribution is 0.000315. The van der Waals surface area contributed by atoms with Crippen LogP contribution in [0, 0.1) is 0 Å². The lowest BCUT2D eigenvalue weighted by Gasteiger charge is -2.32. The minimum atomic E-state index is -0.492. The van der Waals surface area contributed by atoms with Gasteiger partial charge in [0.1, 0.15) is 5.60 Å². The monoisotopic (exact) mass is 331 g/mol. The quantitative estimate of drug-likeness (QED) is 0.718. The zero-order valence-corrected chi connectivity index (χ0v) is 15.0. The maximum Gasteiger partial charge on any atom is 0.410 e. The van der Waals surface area contributed by atoms with Gasteiger partial charge in [-0.3, -0.25) is 4.90 Å². The van der Waals surface area contributed by atoms with Gasteiger partial charge in [-0.1, -0.05) is 36.4 Å². The minimum Gasteiger partial charge on any atom is -0.444 e. The van der Waals surface area contributed by atoms with Crippen LogP contribution in [-0.4, -0.2) is 35.3 Å². The molecule has 0 spiro atoms. The highest BCUT2D eigenvalue weighted by Gasteiger charge is 2.38. The van der Waals surface area contributed by atoms with Crippen LogP contribution >= 0.6 is 0 Å². The van der Waals surface area contributed by atoms with Crippen LogP contribution in [0.15, 0.2) is 43.0 Å². The van der Waals surface area contributed by atoms with E-state index in [0.717, 1.165) is 24.8 Å². The molecule has 24 heavy (non-hydrogen) atoms. The molecule has 132 valence electrons. The lowest BCUT2D eigenvalue weighted by atomic mass is 10.1. The van der Waals surface area contributed by atoms with Gasteiger partial charge in [-0.15, -0.1) is 6.58 Å². The second-order valence-electron chi connectivity index (χ2n) is 7.30. The summed E-state index contributed by atoms with van der Waals surface area (Å²) in [6.45, 7) is 10.6. The third-order valence-corrected chi connectivity index (χ3v) is 4.08. The summed E-state index contributed by atoms with van der Waals surface area (Å²) in [6.07, 6.45) is 4.31. The molecule has 1 saturated heterocycles. The summed E-state index contributed by atoms with van der Waals surface area (Å²) in [5.41, 5.74) is 0.648. The number of likely N-dealkylation sites (tertiary alicyclic amines) is 1. The van der Waals surface area contributed by atoms with Crippen molar-refractivity contribution in [2.24, 2.45) is 0 Å². The molecule has 1 aliphatic heterocycles. The predicted octanol–water partition coefficient (Wildman–Crippen LogP) is 4.55. The Labute approximate surface area is 145 Å². The molecule has 0 bridgehead atoms. The van der Waals surface area contributed by atoms with Crippen LogP contribution in [0.5, 0.6) is 0 Å². The van der Waals surface area contributed by atoms with E-state index in [4.69, 9.17) is 9.47 Å². The SMILES string of the molecule is C=CCC1CCC(COCc2ccccc2)N1C(=O)OC(C)(C)C. The summed E-state index contributed by atoms with van der Waals surface area (Å²) in [6, 6.07) is 10.3.